The van der Waals surface area contributed by atoms with Crippen molar-refractivity contribution in [1.29, 1.82) is 0 Å². The number of methoxy groups -OCH3 is 1. The van der Waals surface area contributed by atoms with E-state index in [0.29, 0.717) is 5.56 Å². The minimum atomic E-state index is -0.623. The van der Waals surface area contributed by atoms with Crippen molar-refractivity contribution in [1.82, 2.24) is 0 Å². The largest absolute Gasteiger partial charge is 0.452 e. The van der Waals surface area contributed by atoms with Crippen molar-refractivity contribution in [2.75, 3.05) is 13.7 Å². The van der Waals surface area contributed by atoms with Gasteiger partial charge < -0.3 is 19.3 Å². The zero-order valence-electron chi connectivity index (χ0n) is 10.6. The van der Waals surface area contributed by atoms with Gasteiger partial charge in [0, 0.05) is 7.11 Å². The molecule has 0 saturated carbocycles. The fraction of sp³-hybridized carbons (Fsp3) is 0.357. The van der Waals surface area contributed by atoms with Gasteiger partial charge >= 0.3 is 5.97 Å². The SMILES string of the molecule is COC1C=CC(OC(=O)c2ccccc2)C(CO)O1. The summed E-state index contributed by atoms with van der Waals surface area (Å²) in [6.45, 7) is -0.253. The molecule has 1 aromatic rings. The summed E-state index contributed by atoms with van der Waals surface area (Å²) in [6, 6.07) is 8.67. The molecule has 1 aromatic carbocycles. The Labute approximate surface area is 111 Å². The van der Waals surface area contributed by atoms with Crippen LogP contribution >= 0.6 is 0 Å². The van der Waals surface area contributed by atoms with Gasteiger partial charge in [-0.25, -0.2) is 4.79 Å². The van der Waals surface area contributed by atoms with E-state index in [0.717, 1.165) is 0 Å². The molecular formula is C14H16O5. The minimum Gasteiger partial charge on any atom is -0.452 e. The molecule has 0 spiro atoms. The molecule has 0 bridgehead atoms. The van der Waals surface area contributed by atoms with E-state index in [4.69, 9.17) is 14.2 Å². The van der Waals surface area contributed by atoms with Crippen LogP contribution in [0.5, 0.6) is 0 Å². The maximum Gasteiger partial charge on any atom is 0.338 e. The lowest BCUT2D eigenvalue weighted by atomic mass is 10.1. The summed E-state index contributed by atoms with van der Waals surface area (Å²) < 4.78 is 15.7. The molecule has 0 fully saturated rings. The van der Waals surface area contributed by atoms with Crippen molar-refractivity contribution in [3.8, 4) is 0 Å². The summed E-state index contributed by atoms with van der Waals surface area (Å²) in [5.74, 6) is -0.451. The molecule has 19 heavy (non-hydrogen) atoms. The standard InChI is InChI=1S/C14H16O5/c1-17-13-8-7-11(12(9-15)18-13)19-14(16)10-5-3-2-4-6-10/h2-8,11-13,15H,9H2,1H3. The van der Waals surface area contributed by atoms with E-state index in [1.165, 1.54) is 7.11 Å². The number of carbonyl (C=O) groups is 1. The van der Waals surface area contributed by atoms with Crippen LogP contribution in [0.3, 0.4) is 0 Å². The molecule has 3 unspecified atom stereocenters. The summed E-state index contributed by atoms with van der Waals surface area (Å²) in [5, 5.41) is 9.25. The molecule has 1 aliphatic rings. The van der Waals surface area contributed by atoms with Gasteiger partial charge in [0.15, 0.2) is 6.29 Å². The molecule has 3 atom stereocenters. The van der Waals surface area contributed by atoms with Crippen LogP contribution in [0.1, 0.15) is 10.4 Å². The van der Waals surface area contributed by atoms with Crippen LogP contribution in [0.2, 0.25) is 0 Å². The predicted molar refractivity (Wildman–Crippen MR) is 67.5 cm³/mol. The Morgan fingerprint density at radius 3 is 2.68 bits per heavy atom. The second-order valence-electron chi connectivity index (χ2n) is 4.08. The number of esters is 1. The van der Waals surface area contributed by atoms with E-state index in [9.17, 15) is 9.90 Å². The molecule has 1 aliphatic heterocycles. The fourth-order valence-corrected chi connectivity index (χ4v) is 1.78. The van der Waals surface area contributed by atoms with Crippen LogP contribution < -0.4 is 0 Å². The number of benzene rings is 1. The van der Waals surface area contributed by atoms with Gasteiger partial charge in [0.1, 0.15) is 12.2 Å². The Morgan fingerprint density at radius 1 is 1.32 bits per heavy atom. The summed E-state index contributed by atoms with van der Waals surface area (Å²) in [5.41, 5.74) is 0.460. The van der Waals surface area contributed by atoms with E-state index in [2.05, 4.69) is 0 Å². The molecule has 0 aliphatic carbocycles. The number of carbonyl (C=O) groups excluding carboxylic acids is 1. The van der Waals surface area contributed by atoms with Crippen LogP contribution in [0.15, 0.2) is 42.5 Å². The molecule has 5 heteroatoms. The Bertz CT molecular complexity index is 442. The first-order valence-corrected chi connectivity index (χ1v) is 5.98. The van der Waals surface area contributed by atoms with Gasteiger partial charge in [-0.2, -0.15) is 0 Å². The molecule has 102 valence electrons. The third kappa shape index (κ3) is 3.41. The average Bonchev–Trinajstić information content (AvgIpc) is 2.48. The van der Waals surface area contributed by atoms with Crippen molar-refractivity contribution < 1.29 is 24.1 Å². The predicted octanol–water partition coefficient (Wildman–Crippen LogP) is 1.13. The van der Waals surface area contributed by atoms with Gasteiger partial charge in [-0.3, -0.25) is 0 Å². The highest BCUT2D eigenvalue weighted by Crippen LogP contribution is 2.17. The summed E-state index contributed by atoms with van der Waals surface area (Å²) >= 11 is 0. The molecule has 1 N–H and O–H groups in total. The molecule has 0 radical (unpaired) electrons. The summed E-state index contributed by atoms with van der Waals surface area (Å²) in [4.78, 5) is 11.9. The molecule has 5 nitrogen and oxygen atoms in total. The lowest BCUT2D eigenvalue weighted by Crippen LogP contribution is -2.41. The van der Waals surface area contributed by atoms with E-state index in [-0.39, 0.29) is 6.61 Å². The monoisotopic (exact) mass is 264 g/mol. The Balaban J connectivity index is 2.04. The van der Waals surface area contributed by atoms with Gasteiger partial charge in [0.25, 0.3) is 0 Å². The lowest BCUT2D eigenvalue weighted by molar-refractivity contribution is -0.169. The van der Waals surface area contributed by atoms with Crippen molar-refractivity contribution in [3.05, 3.63) is 48.0 Å². The van der Waals surface area contributed by atoms with Crippen molar-refractivity contribution in [3.63, 3.8) is 0 Å². The number of rotatable bonds is 4. The van der Waals surface area contributed by atoms with E-state index >= 15 is 0 Å². The Hall–Kier alpha value is -1.69. The summed E-state index contributed by atoms with van der Waals surface area (Å²) in [6.07, 6.45) is 1.55. The molecule has 2 rings (SSSR count). The first-order chi connectivity index (χ1) is 9.24. The zero-order chi connectivity index (χ0) is 13.7. The third-order valence-electron chi connectivity index (χ3n) is 2.80. The molecular weight excluding hydrogens is 248 g/mol. The quantitative estimate of drug-likeness (QED) is 0.652. The smallest absolute Gasteiger partial charge is 0.338 e. The van der Waals surface area contributed by atoms with E-state index in [1.54, 1.807) is 36.4 Å². The van der Waals surface area contributed by atoms with Crippen molar-refractivity contribution >= 4 is 5.97 Å². The minimum absolute atomic E-state index is 0.253. The van der Waals surface area contributed by atoms with Gasteiger partial charge in [0.2, 0.25) is 0 Å². The Morgan fingerprint density at radius 2 is 2.05 bits per heavy atom. The van der Waals surface area contributed by atoms with Crippen LogP contribution in [0.4, 0.5) is 0 Å². The number of ether oxygens (including phenoxy) is 3. The van der Waals surface area contributed by atoms with Crippen LogP contribution in [0.25, 0.3) is 0 Å². The highest BCUT2D eigenvalue weighted by atomic mass is 16.7. The third-order valence-corrected chi connectivity index (χ3v) is 2.80. The second-order valence-corrected chi connectivity index (χ2v) is 4.08. The normalized spacial score (nSPS) is 26.1. The van der Waals surface area contributed by atoms with Gasteiger partial charge in [-0.15, -0.1) is 0 Å². The van der Waals surface area contributed by atoms with Crippen molar-refractivity contribution in [2.24, 2.45) is 0 Å². The van der Waals surface area contributed by atoms with E-state index < -0.39 is 24.5 Å². The number of hydrogen-bond acceptors (Lipinski definition) is 5. The Kier molecular flexibility index (Phi) is 4.68. The molecule has 0 saturated heterocycles. The topological polar surface area (TPSA) is 65.0 Å². The van der Waals surface area contributed by atoms with Gasteiger partial charge in [-0.1, -0.05) is 18.2 Å². The highest BCUT2D eigenvalue weighted by molar-refractivity contribution is 5.89. The highest BCUT2D eigenvalue weighted by Gasteiger charge is 2.29. The first-order valence-electron chi connectivity index (χ1n) is 5.98. The van der Waals surface area contributed by atoms with Crippen LogP contribution in [-0.2, 0) is 14.2 Å². The maximum atomic E-state index is 11.9. The van der Waals surface area contributed by atoms with Crippen LogP contribution in [-0.4, -0.2) is 43.3 Å². The molecule has 1 heterocycles. The number of hydrogen-bond donors (Lipinski definition) is 1. The number of aliphatic hydroxyl groups is 1. The second kappa shape index (κ2) is 6.47. The fourth-order valence-electron chi connectivity index (χ4n) is 1.78. The maximum absolute atomic E-state index is 11.9. The zero-order valence-corrected chi connectivity index (χ0v) is 10.6. The summed E-state index contributed by atoms with van der Waals surface area (Å²) in [7, 11) is 1.50. The molecule has 0 aromatic heterocycles. The van der Waals surface area contributed by atoms with Crippen molar-refractivity contribution in [2.45, 2.75) is 18.5 Å². The first kappa shape index (κ1) is 13.7. The molecule has 0 amide bonds. The van der Waals surface area contributed by atoms with Gasteiger partial charge in [0.05, 0.1) is 12.2 Å². The van der Waals surface area contributed by atoms with Gasteiger partial charge in [-0.05, 0) is 24.3 Å². The number of aliphatic hydroxyl groups excluding tert-OH is 1. The van der Waals surface area contributed by atoms with E-state index in [1.807, 2.05) is 6.07 Å². The lowest BCUT2D eigenvalue weighted by Gasteiger charge is -2.30. The average molecular weight is 264 g/mol. The van der Waals surface area contributed by atoms with Crippen LogP contribution in [0, 0.1) is 0 Å².